The van der Waals surface area contributed by atoms with E-state index in [9.17, 15) is 0 Å². The van der Waals surface area contributed by atoms with Gasteiger partial charge in [-0.2, -0.15) is 0 Å². The van der Waals surface area contributed by atoms with E-state index in [0.29, 0.717) is 0 Å². The molecule has 0 amide bonds. The molecule has 27 heavy (non-hydrogen) atoms. The fourth-order valence-electron chi connectivity index (χ4n) is 2.61. The summed E-state index contributed by atoms with van der Waals surface area (Å²) in [5.41, 5.74) is 5.11. The van der Waals surface area contributed by atoms with E-state index in [1.54, 1.807) is 0 Å². The third kappa shape index (κ3) is 5.86. The van der Waals surface area contributed by atoms with E-state index in [0.717, 1.165) is 11.5 Å². The normalized spacial score (nSPS) is 9.85. The highest BCUT2D eigenvalue weighted by Gasteiger charge is 1.95. The Morgan fingerprint density at radius 1 is 0.407 bits per heavy atom. The van der Waals surface area contributed by atoms with E-state index in [2.05, 4.69) is 62.4 Å². The smallest absolute Gasteiger partial charge is 0.127 e. The first-order valence-corrected chi connectivity index (χ1v) is 9.12. The molecule has 0 spiro atoms. The fourth-order valence-corrected chi connectivity index (χ4v) is 2.61. The predicted molar refractivity (Wildman–Crippen MR) is 114 cm³/mol. The molecule has 0 fully saturated rings. The second kappa shape index (κ2) is 9.40. The number of benzene rings is 4. The van der Waals surface area contributed by atoms with Crippen LogP contribution in [0.1, 0.15) is 11.1 Å². The van der Waals surface area contributed by atoms with Gasteiger partial charge in [0.2, 0.25) is 0 Å². The highest BCUT2D eigenvalue weighted by atomic mass is 16.5. The monoisotopic (exact) mass is 352 g/mol. The molecule has 0 bridgehead atoms. The van der Waals surface area contributed by atoms with Crippen molar-refractivity contribution in [3.05, 3.63) is 120 Å². The van der Waals surface area contributed by atoms with Crippen molar-refractivity contribution in [2.75, 3.05) is 0 Å². The topological polar surface area (TPSA) is 9.23 Å². The van der Waals surface area contributed by atoms with Crippen LogP contribution in [-0.4, -0.2) is 0 Å². The predicted octanol–water partition coefficient (Wildman–Crippen LogP) is 7.45. The highest BCUT2D eigenvalue weighted by molar-refractivity contribution is 5.63. The van der Waals surface area contributed by atoms with Crippen LogP contribution in [0.3, 0.4) is 0 Å². The third-order valence-electron chi connectivity index (χ3n) is 4.16. The molecule has 4 aromatic rings. The van der Waals surface area contributed by atoms with Crippen molar-refractivity contribution < 1.29 is 4.74 Å². The lowest BCUT2D eigenvalue weighted by Gasteiger charge is -2.04. The van der Waals surface area contributed by atoms with Gasteiger partial charge in [-0.15, -0.1) is 0 Å². The third-order valence-corrected chi connectivity index (χ3v) is 4.16. The van der Waals surface area contributed by atoms with Crippen molar-refractivity contribution in [3.8, 4) is 22.6 Å². The molecule has 0 radical (unpaired) electrons. The van der Waals surface area contributed by atoms with Crippen molar-refractivity contribution in [1.82, 2.24) is 0 Å². The molecule has 0 atom stereocenters. The molecule has 0 saturated carbocycles. The molecule has 0 N–H and O–H groups in total. The lowest BCUT2D eigenvalue weighted by Crippen LogP contribution is -1.82. The summed E-state index contributed by atoms with van der Waals surface area (Å²) in [6, 6.07) is 36.8. The maximum absolute atomic E-state index is 5.63. The molecule has 0 aliphatic carbocycles. The van der Waals surface area contributed by atoms with Crippen LogP contribution in [0.15, 0.2) is 109 Å². The number of hydrogen-bond donors (Lipinski definition) is 0. The standard InChI is InChI=1S/C13H12O.C13H12/c1-11-7-9-13(10-8-11)14-12-5-3-2-4-6-12;1-11-7-9-13(10-8-11)12-5-3-2-4-6-12/h2-10H,1H3;2-10H,1H3. The van der Waals surface area contributed by atoms with Crippen molar-refractivity contribution in [1.29, 1.82) is 0 Å². The second-order valence-electron chi connectivity index (χ2n) is 6.46. The van der Waals surface area contributed by atoms with E-state index < -0.39 is 0 Å². The van der Waals surface area contributed by atoms with Gasteiger partial charge in [-0.05, 0) is 49.2 Å². The first-order chi connectivity index (χ1) is 13.2. The number of ether oxygens (including phenoxy) is 1. The summed E-state index contributed by atoms with van der Waals surface area (Å²) >= 11 is 0. The fraction of sp³-hybridized carbons (Fsp3) is 0.0769. The van der Waals surface area contributed by atoms with Crippen LogP contribution in [0.25, 0.3) is 11.1 Å². The van der Waals surface area contributed by atoms with Crippen molar-refractivity contribution in [3.63, 3.8) is 0 Å². The molecule has 0 unspecified atom stereocenters. The Bertz CT molecular complexity index is 925. The molecule has 4 rings (SSSR count). The van der Waals surface area contributed by atoms with Crippen LogP contribution in [0, 0.1) is 13.8 Å². The molecule has 0 aromatic heterocycles. The Hall–Kier alpha value is -3.32. The largest absolute Gasteiger partial charge is 0.457 e. The first-order valence-electron chi connectivity index (χ1n) is 9.12. The summed E-state index contributed by atoms with van der Waals surface area (Å²) in [4.78, 5) is 0. The van der Waals surface area contributed by atoms with E-state index in [1.165, 1.54) is 22.3 Å². The molecule has 0 aliphatic heterocycles. The maximum atomic E-state index is 5.63. The average molecular weight is 352 g/mol. The van der Waals surface area contributed by atoms with Crippen LogP contribution >= 0.6 is 0 Å². The van der Waals surface area contributed by atoms with Crippen LogP contribution in [0.4, 0.5) is 0 Å². The van der Waals surface area contributed by atoms with Crippen molar-refractivity contribution >= 4 is 0 Å². The minimum Gasteiger partial charge on any atom is -0.457 e. The van der Waals surface area contributed by atoms with Gasteiger partial charge in [0.05, 0.1) is 0 Å². The zero-order valence-corrected chi connectivity index (χ0v) is 15.8. The molecule has 4 aromatic carbocycles. The summed E-state index contributed by atoms with van der Waals surface area (Å²) < 4.78 is 5.63. The minimum absolute atomic E-state index is 0.872. The number of hydrogen-bond acceptors (Lipinski definition) is 1. The Balaban J connectivity index is 0.000000156. The van der Waals surface area contributed by atoms with E-state index in [-0.39, 0.29) is 0 Å². The van der Waals surface area contributed by atoms with Crippen molar-refractivity contribution in [2.45, 2.75) is 13.8 Å². The summed E-state index contributed by atoms with van der Waals surface area (Å²) in [6.07, 6.45) is 0. The molecule has 0 aliphatic rings. The van der Waals surface area contributed by atoms with E-state index >= 15 is 0 Å². The first kappa shape index (κ1) is 18.5. The Kier molecular flexibility index (Phi) is 6.43. The van der Waals surface area contributed by atoms with Gasteiger partial charge in [-0.1, -0.05) is 96.1 Å². The quantitative estimate of drug-likeness (QED) is 0.372. The minimum atomic E-state index is 0.872. The lowest BCUT2D eigenvalue weighted by atomic mass is 10.0. The maximum Gasteiger partial charge on any atom is 0.127 e. The Morgan fingerprint density at radius 2 is 0.815 bits per heavy atom. The Labute approximate surface area is 161 Å². The van der Waals surface area contributed by atoms with Gasteiger partial charge in [0.1, 0.15) is 11.5 Å². The van der Waals surface area contributed by atoms with E-state index in [1.807, 2.05) is 60.7 Å². The summed E-state index contributed by atoms with van der Waals surface area (Å²) in [7, 11) is 0. The van der Waals surface area contributed by atoms with E-state index in [4.69, 9.17) is 4.74 Å². The van der Waals surface area contributed by atoms with Crippen LogP contribution in [0.5, 0.6) is 11.5 Å². The molecule has 134 valence electrons. The van der Waals surface area contributed by atoms with Crippen molar-refractivity contribution in [2.24, 2.45) is 0 Å². The zero-order valence-electron chi connectivity index (χ0n) is 15.8. The molecule has 0 saturated heterocycles. The molecular formula is C26H24O. The van der Waals surface area contributed by atoms with Crippen LogP contribution < -0.4 is 4.74 Å². The summed E-state index contributed by atoms with van der Waals surface area (Å²) in [5.74, 6) is 1.75. The molecular weight excluding hydrogens is 328 g/mol. The van der Waals surface area contributed by atoms with Gasteiger partial charge in [0, 0.05) is 0 Å². The van der Waals surface area contributed by atoms with Gasteiger partial charge in [0.25, 0.3) is 0 Å². The lowest BCUT2D eigenvalue weighted by molar-refractivity contribution is 0.482. The Morgan fingerprint density at radius 3 is 1.37 bits per heavy atom. The molecule has 0 heterocycles. The van der Waals surface area contributed by atoms with Gasteiger partial charge < -0.3 is 4.74 Å². The summed E-state index contributed by atoms with van der Waals surface area (Å²) in [5, 5.41) is 0. The SMILES string of the molecule is Cc1ccc(-c2ccccc2)cc1.Cc1ccc(Oc2ccccc2)cc1. The average Bonchev–Trinajstić information content (AvgIpc) is 2.72. The van der Waals surface area contributed by atoms with Gasteiger partial charge in [0.15, 0.2) is 0 Å². The zero-order chi connectivity index (χ0) is 18.9. The van der Waals surface area contributed by atoms with Gasteiger partial charge in [-0.3, -0.25) is 0 Å². The molecule has 1 heteroatoms. The second-order valence-corrected chi connectivity index (χ2v) is 6.46. The number of aryl methyl sites for hydroxylation is 2. The number of rotatable bonds is 3. The molecule has 1 nitrogen and oxygen atoms in total. The number of para-hydroxylation sites is 1. The van der Waals surface area contributed by atoms with Gasteiger partial charge >= 0.3 is 0 Å². The highest BCUT2D eigenvalue weighted by Crippen LogP contribution is 2.21. The van der Waals surface area contributed by atoms with Crippen LogP contribution in [0.2, 0.25) is 0 Å². The van der Waals surface area contributed by atoms with Gasteiger partial charge in [-0.25, -0.2) is 0 Å². The van der Waals surface area contributed by atoms with Crippen LogP contribution in [-0.2, 0) is 0 Å². The summed E-state index contributed by atoms with van der Waals surface area (Å²) in [6.45, 7) is 4.17.